The zero-order valence-corrected chi connectivity index (χ0v) is 10.3. The average Bonchev–Trinajstić information content (AvgIpc) is 2.63. The Labute approximate surface area is 104 Å². The number of hydrogen-bond donors (Lipinski definition) is 1. The topological polar surface area (TPSA) is 25.2 Å². The Hall–Kier alpha value is -1.12. The lowest BCUT2D eigenvalue weighted by Crippen LogP contribution is -1.98. The average molecular weight is 256 g/mol. The smallest absolute Gasteiger partial charge is 0.123 e. The van der Waals surface area contributed by atoms with Crippen molar-refractivity contribution in [1.82, 2.24) is 0 Å². The summed E-state index contributed by atoms with van der Waals surface area (Å²) in [6.07, 6.45) is 0. The summed E-state index contributed by atoms with van der Waals surface area (Å²) in [5.74, 6) is 1.78. The van der Waals surface area contributed by atoms with Gasteiger partial charge < -0.3 is 9.73 Å². The first kappa shape index (κ1) is 11.4. The van der Waals surface area contributed by atoms with Gasteiger partial charge in [0, 0.05) is 5.02 Å². The molecule has 2 nitrogen and oxygen atoms in total. The van der Waals surface area contributed by atoms with E-state index in [2.05, 4.69) is 5.32 Å². The van der Waals surface area contributed by atoms with Crippen LogP contribution in [0.5, 0.6) is 0 Å². The molecular weight excluding hydrogens is 245 g/mol. The van der Waals surface area contributed by atoms with Crippen LogP contribution in [0.3, 0.4) is 0 Å². The Morgan fingerprint density at radius 1 is 1.19 bits per heavy atom. The van der Waals surface area contributed by atoms with E-state index in [0.29, 0.717) is 16.6 Å². The fourth-order valence-corrected chi connectivity index (χ4v) is 1.87. The standard InChI is InChI=1S/C12H11Cl2NO/c1-8-2-4-10(16-8)7-15-12-5-3-9(13)6-11(12)14/h2-6,15H,7H2,1H3. The Bertz CT molecular complexity index is 494. The minimum atomic E-state index is 0.606. The molecule has 0 bridgehead atoms. The quantitative estimate of drug-likeness (QED) is 0.874. The third kappa shape index (κ3) is 2.71. The molecule has 1 N–H and O–H groups in total. The highest BCUT2D eigenvalue weighted by Gasteiger charge is 2.02. The highest BCUT2D eigenvalue weighted by atomic mass is 35.5. The van der Waals surface area contributed by atoms with Crippen LogP contribution >= 0.6 is 23.2 Å². The number of rotatable bonds is 3. The van der Waals surface area contributed by atoms with Crippen molar-refractivity contribution in [2.75, 3.05) is 5.32 Å². The van der Waals surface area contributed by atoms with E-state index in [0.717, 1.165) is 17.2 Å². The van der Waals surface area contributed by atoms with Crippen LogP contribution in [0.1, 0.15) is 11.5 Å². The summed E-state index contributed by atoms with van der Waals surface area (Å²) < 4.78 is 5.44. The molecule has 0 saturated carbocycles. The van der Waals surface area contributed by atoms with E-state index in [9.17, 15) is 0 Å². The number of furan rings is 1. The number of anilines is 1. The zero-order chi connectivity index (χ0) is 11.5. The fourth-order valence-electron chi connectivity index (χ4n) is 1.40. The third-order valence-electron chi connectivity index (χ3n) is 2.18. The van der Waals surface area contributed by atoms with Gasteiger partial charge in [-0.2, -0.15) is 0 Å². The first-order valence-electron chi connectivity index (χ1n) is 4.89. The molecule has 4 heteroatoms. The molecule has 84 valence electrons. The molecular formula is C12H11Cl2NO. The van der Waals surface area contributed by atoms with Crippen molar-refractivity contribution in [3.8, 4) is 0 Å². The van der Waals surface area contributed by atoms with Gasteiger partial charge in [0.15, 0.2) is 0 Å². The van der Waals surface area contributed by atoms with E-state index < -0.39 is 0 Å². The second kappa shape index (κ2) is 4.81. The summed E-state index contributed by atoms with van der Waals surface area (Å²) in [6, 6.07) is 9.22. The van der Waals surface area contributed by atoms with Crippen molar-refractivity contribution in [3.05, 3.63) is 51.9 Å². The zero-order valence-electron chi connectivity index (χ0n) is 8.76. The molecule has 1 heterocycles. The van der Waals surface area contributed by atoms with Crippen molar-refractivity contribution in [2.45, 2.75) is 13.5 Å². The van der Waals surface area contributed by atoms with Crippen LogP contribution in [0, 0.1) is 6.92 Å². The van der Waals surface area contributed by atoms with Crippen molar-refractivity contribution in [3.63, 3.8) is 0 Å². The minimum Gasteiger partial charge on any atom is -0.465 e. The maximum absolute atomic E-state index is 6.02. The Morgan fingerprint density at radius 3 is 2.62 bits per heavy atom. The number of aryl methyl sites for hydroxylation is 1. The predicted octanol–water partition coefficient (Wildman–Crippen LogP) is 4.51. The van der Waals surface area contributed by atoms with Crippen LogP contribution in [-0.2, 0) is 6.54 Å². The molecule has 0 atom stereocenters. The highest BCUT2D eigenvalue weighted by Crippen LogP contribution is 2.25. The first-order valence-corrected chi connectivity index (χ1v) is 5.65. The summed E-state index contributed by atoms with van der Waals surface area (Å²) in [6.45, 7) is 2.52. The van der Waals surface area contributed by atoms with Gasteiger partial charge in [0.2, 0.25) is 0 Å². The van der Waals surface area contributed by atoms with Gasteiger partial charge in [-0.15, -0.1) is 0 Å². The van der Waals surface area contributed by atoms with Gasteiger partial charge in [0.1, 0.15) is 11.5 Å². The molecule has 0 spiro atoms. The SMILES string of the molecule is Cc1ccc(CNc2ccc(Cl)cc2Cl)o1. The molecule has 0 aliphatic carbocycles. The highest BCUT2D eigenvalue weighted by molar-refractivity contribution is 6.36. The molecule has 0 aliphatic rings. The Kier molecular flexibility index (Phi) is 3.42. The van der Waals surface area contributed by atoms with E-state index in [-0.39, 0.29) is 0 Å². The number of benzene rings is 1. The number of hydrogen-bond acceptors (Lipinski definition) is 2. The Morgan fingerprint density at radius 2 is 2.00 bits per heavy atom. The van der Waals surface area contributed by atoms with Crippen LogP contribution in [0.4, 0.5) is 5.69 Å². The molecule has 0 fully saturated rings. The first-order chi connectivity index (χ1) is 7.65. The molecule has 16 heavy (non-hydrogen) atoms. The second-order valence-electron chi connectivity index (χ2n) is 3.49. The molecule has 1 aromatic carbocycles. The van der Waals surface area contributed by atoms with Gasteiger partial charge >= 0.3 is 0 Å². The van der Waals surface area contributed by atoms with E-state index >= 15 is 0 Å². The molecule has 0 radical (unpaired) electrons. The largest absolute Gasteiger partial charge is 0.465 e. The van der Waals surface area contributed by atoms with Crippen LogP contribution in [-0.4, -0.2) is 0 Å². The van der Waals surface area contributed by atoms with Gasteiger partial charge in [-0.1, -0.05) is 23.2 Å². The second-order valence-corrected chi connectivity index (χ2v) is 4.33. The normalized spacial score (nSPS) is 10.4. The molecule has 0 amide bonds. The molecule has 2 rings (SSSR count). The van der Waals surface area contributed by atoms with Crippen LogP contribution in [0.15, 0.2) is 34.7 Å². The summed E-state index contributed by atoms with van der Waals surface area (Å²) in [5, 5.41) is 4.42. The van der Waals surface area contributed by atoms with Crippen LogP contribution in [0.25, 0.3) is 0 Å². The van der Waals surface area contributed by atoms with Gasteiger partial charge in [0.05, 0.1) is 17.3 Å². The Balaban J connectivity index is 2.04. The monoisotopic (exact) mass is 255 g/mol. The molecule has 2 aromatic rings. The van der Waals surface area contributed by atoms with E-state index in [4.69, 9.17) is 27.6 Å². The fraction of sp³-hybridized carbons (Fsp3) is 0.167. The van der Waals surface area contributed by atoms with Crippen LogP contribution in [0.2, 0.25) is 10.0 Å². The molecule has 0 aliphatic heterocycles. The maximum atomic E-state index is 6.02. The lowest BCUT2D eigenvalue weighted by molar-refractivity contribution is 0.490. The van der Waals surface area contributed by atoms with E-state index in [1.165, 1.54) is 0 Å². The summed E-state index contributed by atoms with van der Waals surface area (Å²) in [7, 11) is 0. The summed E-state index contributed by atoms with van der Waals surface area (Å²) in [5.41, 5.74) is 0.847. The van der Waals surface area contributed by atoms with E-state index in [1.54, 1.807) is 12.1 Å². The van der Waals surface area contributed by atoms with Gasteiger partial charge in [-0.3, -0.25) is 0 Å². The van der Waals surface area contributed by atoms with Crippen LogP contribution < -0.4 is 5.32 Å². The van der Waals surface area contributed by atoms with Gasteiger partial charge in [-0.25, -0.2) is 0 Å². The minimum absolute atomic E-state index is 0.606. The third-order valence-corrected chi connectivity index (χ3v) is 2.73. The molecule has 1 aromatic heterocycles. The van der Waals surface area contributed by atoms with Crippen molar-refractivity contribution in [1.29, 1.82) is 0 Å². The number of nitrogens with one attached hydrogen (secondary N) is 1. The van der Waals surface area contributed by atoms with Gasteiger partial charge in [0.25, 0.3) is 0 Å². The summed E-state index contributed by atoms with van der Waals surface area (Å²) in [4.78, 5) is 0. The number of halogens is 2. The molecule has 0 saturated heterocycles. The van der Waals surface area contributed by atoms with E-state index in [1.807, 2.05) is 25.1 Å². The van der Waals surface area contributed by atoms with Crippen molar-refractivity contribution in [2.24, 2.45) is 0 Å². The van der Waals surface area contributed by atoms with Crippen molar-refractivity contribution >= 4 is 28.9 Å². The maximum Gasteiger partial charge on any atom is 0.123 e. The summed E-state index contributed by atoms with van der Waals surface area (Å²) >= 11 is 11.8. The molecule has 0 unspecified atom stereocenters. The van der Waals surface area contributed by atoms with Gasteiger partial charge in [-0.05, 0) is 37.3 Å². The lowest BCUT2D eigenvalue weighted by Gasteiger charge is -2.06. The van der Waals surface area contributed by atoms with Crippen molar-refractivity contribution < 1.29 is 4.42 Å². The predicted molar refractivity (Wildman–Crippen MR) is 67.2 cm³/mol. The lowest BCUT2D eigenvalue weighted by atomic mass is 10.3.